The number of hydrogen-bond donors (Lipinski definition) is 2. The van der Waals surface area contributed by atoms with E-state index in [4.69, 9.17) is 20.9 Å². The quantitative estimate of drug-likeness (QED) is 0.297. The van der Waals surface area contributed by atoms with Gasteiger partial charge < -0.3 is 19.9 Å². The standard InChI is InChI=1S/C22H23BClF5N2O3.C2H6/c1-20(2)21(3,4)34-23(33-20)15-10-13(25)9-14(11-17(15)26)30-19(32)31-18-8-12(22(27,28)29)6-5-7-16(18)24;1-2/h6-8,10-11H,5,9H2,1-4H3,(H2,30,31,32);1-2H3. The molecule has 0 saturated carbocycles. The molecule has 1 saturated heterocycles. The van der Waals surface area contributed by atoms with E-state index in [0.717, 1.165) is 18.2 Å². The summed E-state index contributed by atoms with van der Waals surface area (Å²) >= 11 is 5.97. The minimum Gasteiger partial charge on any atom is -0.399 e. The first-order valence-electron chi connectivity index (χ1n) is 11.3. The number of hydrogen-bond acceptors (Lipinski definition) is 3. The first kappa shape index (κ1) is 29.9. The summed E-state index contributed by atoms with van der Waals surface area (Å²) in [5.41, 5.74) is -3.22. The first-order chi connectivity index (χ1) is 16.6. The lowest BCUT2D eigenvalue weighted by Crippen LogP contribution is -2.41. The van der Waals surface area contributed by atoms with Gasteiger partial charge in [-0.05, 0) is 52.3 Å². The van der Waals surface area contributed by atoms with E-state index < -0.39 is 54.2 Å². The van der Waals surface area contributed by atoms with Crippen molar-refractivity contribution in [1.82, 2.24) is 10.6 Å². The molecule has 0 aromatic rings. The molecular weight excluding hydrogens is 506 g/mol. The van der Waals surface area contributed by atoms with E-state index in [1.807, 2.05) is 13.8 Å². The molecule has 2 amide bonds. The van der Waals surface area contributed by atoms with Crippen LogP contribution in [0, 0.1) is 0 Å². The van der Waals surface area contributed by atoms with Crippen LogP contribution in [-0.4, -0.2) is 30.5 Å². The van der Waals surface area contributed by atoms with Crippen LogP contribution in [0.25, 0.3) is 0 Å². The maximum Gasteiger partial charge on any atom is 0.497 e. The number of urea groups is 1. The van der Waals surface area contributed by atoms with Crippen molar-refractivity contribution < 1.29 is 36.1 Å². The number of nitrogens with one attached hydrogen (secondary N) is 2. The number of carbonyl (C=O) groups excluding carboxylic acids is 1. The van der Waals surface area contributed by atoms with Crippen LogP contribution in [0.15, 0.2) is 69.5 Å². The molecule has 0 atom stereocenters. The highest BCUT2D eigenvalue weighted by atomic mass is 35.5. The third kappa shape index (κ3) is 7.11. The highest BCUT2D eigenvalue weighted by molar-refractivity contribution is 6.56. The zero-order valence-corrected chi connectivity index (χ0v) is 21.6. The van der Waals surface area contributed by atoms with Gasteiger partial charge in [0.2, 0.25) is 0 Å². The summed E-state index contributed by atoms with van der Waals surface area (Å²) in [5, 5.41) is 4.34. The van der Waals surface area contributed by atoms with Gasteiger partial charge in [-0.1, -0.05) is 37.6 Å². The van der Waals surface area contributed by atoms with Crippen molar-refractivity contribution in [3.63, 3.8) is 0 Å². The Labute approximate surface area is 212 Å². The molecule has 198 valence electrons. The average molecular weight is 535 g/mol. The van der Waals surface area contributed by atoms with Crippen LogP contribution in [0.4, 0.5) is 26.7 Å². The lowest BCUT2D eigenvalue weighted by atomic mass is 9.77. The summed E-state index contributed by atoms with van der Waals surface area (Å²) in [7, 11) is -1.17. The molecule has 5 nitrogen and oxygen atoms in total. The zero-order valence-electron chi connectivity index (χ0n) is 20.9. The van der Waals surface area contributed by atoms with E-state index in [1.165, 1.54) is 6.08 Å². The van der Waals surface area contributed by atoms with Gasteiger partial charge in [0.25, 0.3) is 0 Å². The summed E-state index contributed by atoms with van der Waals surface area (Å²) < 4.78 is 80.3. The number of amides is 2. The third-order valence-electron chi connectivity index (χ3n) is 5.80. The van der Waals surface area contributed by atoms with Crippen molar-refractivity contribution in [3.05, 3.63) is 69.5 Å². The van der Waals surface area contributed by atoms with Crippen LogP contribution < -0.4 is 10.6 Å². The second-order valence-corrected chi connectivity index (χ2v) is 9.32. The fourth-order valence-corrected chi connectivity index (χ4v) is 3.46. The third-order valence-corrected chi connectivity index (χ3v) is 6.15. The minimum absolute atomic E-state index is 0.0875. The Morgan fingerprint density at radius 1 is 1.00 bits per heavy atom. The van der Waals surface area contributed by atoms with Gasteiger partial charge in [0, 0.05) is 17.6 Å². The van der Waals surface area contributed by atoms with Crippen molar-refractivity contribution in [1.29, 1.82) is 0 Å². The lowest BCUT2D eigenvalue weighted by Gasteiger charge is -2.32. The molecule has 2 aliphatic carbocycles. The second kappa shape index (κ2) is 11.4. The minimum atomic E-state index is -4.64. The summed E-state index contributed by atoms with van der Waals surface area (Å²) in [4.78, 5) is 12.4. The van der Waals surface area contributed by atoms with Crippen molar-refractivity contribution in [2.45, 2.75) is 71.8 Å². The fraction of sp³-hybridized carbons (Fsp3) is 0.458. The van der Waals surface area contributed by atoms with Gasteiger partial charge in [0.1, 0.15) is 11.7 Å². The molecule has 0 unspecified atom stereocenters. The Morgan fingerprint density at radius 2 is 1.58 bits per heavy atom. The Balaban J connectivity index is 0.00000222. The zero-order chi connectivity index (χ0) is 27.5. The summed E-state index contributed by atoms with van der Waals surface area (Å²) in [6.07, 6.45) is -0.467. The highest BCUT2D eigenvalue weighted by Crippen LogP contribution is 2.40. The molecule has 36 heavy (non-hydrogen) atoms. The molecular formula is C24H29BClF5N2O3. The smallest absolute Gasteiger partial charge is 0.399 e. The van der Waals surface area contributed by atoms with Crippen molar-refractivity contribution >= 4 is 24.8 Å². The summed E-state index contributed by atoms with van der Waals surface area (Å²) in [5.74, 6) is -1.67. The van der Waals surface area contributed by atoms with Gasteiger partial charge in [-0.2, -0.15) is 13.2 Å². The Bertz CT molecular complexity index is 1060. The predicted molar refractivity (Wildman–Crippen MR) is 130 cm³/mol. The van der Waals surface area contributed by atoms with Crippen LogP contribution >= 0.6 is 11.6 Å². The van der Waals surface area contributed by atoms with Crippen LogP contribution in [0.5, 0.6) is 0 Å². The Hall–Kier alpha value is -2.37. The maximum atomic E-state index is 15.0. The van der Waals surface area contributed by atoms with Gasteiger partial charge in [0.05, 0.1) is 27.5 Å². The van der Waals surface area contributed by atoms with E-state index in [-0.39, 0.29) is 28.3 Å². The van der Waals surface area contributed by atoms with E-state index >= 15 is 0 Å². The normalized spacial score (nSPS) is 21.6. The number of halogens is 6. The second-order valence-electron chi connectivity index (χ2n) is 8.91. The molecule has 1 heterocycles. The summed E-state index contributed by atoms with van der Waals surface area (Å²) in [6, 6.07) is -1.02. The molecule has 0 spiro atoms. The number of alkyl halides is 3. The Morgan fingerprint density at radius 3 is 2.14 bits per heavy atom. The fourth-order valence-electron chi connectivity index (χ4n) is 3.26. The molecule has 0 bridgehead atoms. The molecule has 0 aromatic heterocycles. The van der Waals surface area contributed by atoms with E-state index in [0.29, 0.717) is 6.08 Å². The van der Waals surface area contributed by atoms with E-state index in [1.54, 1.807) is 27.7 Å². The van der Waals surface area contributed by atoms with Crippen molar-refractivity contribution in [2.75, 3.05) is 0 Å². The number of allylic oxidation sites excluding steroid dienone is 10. The highest BCUT2D eigenvalue weighted by Gasteiger charge is 2.53. The number of carbonyl (C=O) groups is 1. The molecule has 12 heteroatoms. The molecule has 0 radical (unpaired) electrons. The van der Waals surface area contributed by atoms with Crippen LogP contribution in [0.1, 0.15) is 54.4 Å². The van der Waals surface area contributed by atoms with Gasteiger partial charge in [-0.3, -0.25) is 0 Å². The van der Waals surface area contributed by atoms with Crippen LogP contribution in [0.2, 0.25) is 0 Å². The number of rotatable bonds is 3. The van der Waals surface area contributed by atoms with Gasteiger partial charge in [0.15, 0.2) is 0 Å². The van der Waals surface area contributed by atoms with Crippen molar-refractivity contribution in [3.8, 4) is 0 Å². The molecule has 3 aliphatic rings. The van der Waals surface area contributed by atoms with E-state index in [9.17, 15) is 26.7 Å². The predicted octanol–water partition coefficient (Wildman–Crippen LogP) is 7.21. The lowest BCUT2D eigenvalue weighted by molar-refractivity contribution is -0.0884. The monoisotopic (exact) mass is 534 g/mol. The van der Waals surface area contributed by atoms with Gasteiger partial charge in [-0.25, -0.2) is 13.6 Å². The van der Waals surface area contributed by atoms with Crippen LogP contribution in [0.3, 0.4) is 0 Å². The summed E-state index contributed by atoms with van der Waals surface area (Å²) in [6.45, 7) is 11.0. The molecule has 1 aliphatic heterocycles. The largest absolute Gasteiger partial charge is 0.497 e. The van der Waals surface area contributed by atoms with Crippen molar-refractivity contribution in [2.24, 2.45) is 0 Å². The van der Waals surface area contributed by atoms with Crippen LogP contribution in [-0.2, 0) is 9.31 Å². The SMILES string of the molecule is CC.CC1(C)OB(C2=C(F)C=C(NC(=O)NC3=CC(C(F)(F)F)=CCC=C3Cl)CC(F)=C2)OC1(C)C. The average Bonchev–Trinajstić information content (AvgIpc) is 2.88. The van der Waals surface area contributed by atoms with Gasteiger partial charge >= 0.3 is 19.3 Å². The van der Waals surface area contributed by atoms with E-state index in [2.05, 4.69) is 10.6 Å². The maximum absolute atomic E-state index is 15.0. The molecule has 1 fully saturated rings. The Kier molecular flexibility index (Phi) is 9.42. The first-order valence-corrected chi connectivity index (χ1v) is 11.7. The molecule has 3 rings (SSSR count). The molecule has 0 aromatic carbocycles. The van der Waals surface area contributed by atoms with Gasteiger partial charge in [-0.15, -0.1) is 0 Å². The topological polar surface area (TPSA) is 59.6 Å². The molecule has 2 N–H and O–H groups in total.